The highest BCUT2D eigenvalue weighted by atomic mass is 16.5. The predicted molar refractivity (Wildman–Crippen MR) is 96.6 cm³/mol. The molecule has 0 aliphatic carbocycles. The fraction of sp³-hybridized carbons (Fsp3) is 0.500. The summed E-state index contributed by atoms with van der Waals surface area (Å²) in [7, 11) is 1.36. The highest BCUT2D eigenvalue weighted by Gasteiger charge is 2.20. The van der Waals surface area contributed by atoms with Gasteiger partial charge in [-0.2, -0.15) is 0 Å². The summed E-state index contributed by atoms with van der Waals surface area (Å²) in [5.41, 5.74) is 1.12. The van der Waals surface area contributed by atoms with Gasteiger partial charge in [0, 0.05) is 6.42 Å². The third-order valence-electron chi connectivity index (χ3n) is 3.96. The van der Waals surface area contributed by atoms with Crippen LogP contribution in [0, 0.1) is 0 Å². The number of rotatable bonds is 12. The summed E-state index contributed by atoms with van der Waals surface area (Å²) in [6.45, 7) is 3.70. The van der Waals surface area contributed by atoms with Gasteiger partial charge in [0.05, 0.1) is 7.11 Å². The first-order valence-electron chi connectivity index (χ1n) is 8.69. The molecule has 1 aromatic rings. The van der Waals surface area contributed by atoms with Gasteiger partial charge < -0.3 is 10.1 Å². The molecule has 0 aromatic heterocycles. The van der Waals surface area contributed by atoms with Crippen LogP contribution in [0.4, 0.5) is 0 Å². The van der Waals surface area contributed by atoms with Crippen molar-refractivity contribution < 1.29 is 14.3 Å². The van der Waals surface area contributed by atoms with E-state index in [-0.39, 0.29) is 11.9 Å². The summed E-state index contributed by atoms with van der Waals surface area (Å²) in [5, 5.41) is 2.81. The number of carbonyl (C=O) groups excluding carboxylic acids is 2. The molecule has 1 atom stereocenters. The SMILES string of the molecule is C=CCCCCCC[C@H](NC(=O)CCc1ccccc1)C(=O)OC. The molecule has 0 saturated heterocycles. The molecule has 1 amide bonds. The topological polar surface area (TPSA) is 55.4 Å². The summed E-state index contributed by atoms with van der Waals surface area (Å²) < 4.78 is 4.80. The second-order valence-electron chi connectivity index (χ2n) is 5.91. The van der Waals surface area contributed by atoms with Crippen LogP contribution in [-0.2, 0) is 20.7 Å². The summed E-state index contributed by atoms with van der Waals surface area (Å²) in [4.78, 5) is 23.9. The zero-order chi connectivity index (χ0) is 17.6. The van der Waals surface area contributed by atoms with Gasteiger partial charge >= 0.3 is 5.97 Å². The Morgan fingerprint density at radius 1 is 1.17 bits per heavy atom. The second kappa shape index (κ2) is 12.3. The van der Waals surface area contributed by atoms with Crippen LogP contribution in [0.3, 0.4) is 0 Å². The van der Waals surface area contributed by atoms with Crippen molar-refractivity contribution >= 4 is 11.9 Å². The van der Waals surface area contributed by atoms with Crippen molar-refractivity contribution in [1.29, 1.82) is 0 Å². The molecule has 0 spiro atoms. The molecular formula is C20H29NO3. The molecule has 24 heavy (non-hydrogen) atoms. The molecule has 4 nitrogen and oxygen atoms in total. The number of aryl methyl sites for hydroxylation is 1. The van der Waals surface area contributed by atoms with E-state index in [2.05, 4.69) is 11.9 Å². The number of esters is 1. The van der Waals surface area contributed by atoms with E-state index in [9.17, 15) is 9.59 Å². The maximum absolute atomic E-state index is 12.1. The van der Waals surface area contributed by atoms with Crippen molar-refractivity contribution in [2.24, 2.45) is 0 Å². The summed E-state index contributed by atoms with van der Waals surface area (Å²) in [6, 6.07) is 9.31. The normalized spacial score (nSPS) is 11.5. The average Bonchev–Trinajstić information content (AvgIpc) is 2.62. The zero-order valence-electron chi connectivity index (χ0n) is 14.6. The van der Waals surface area contributed by atoms with Crippen molar-refractivity contribution in [1.82, 2.24) is 5.32 Å². The number of allylic oxidation sites excluding steroid dienone is 1. The van der Waals surface area contributed by atoms with E-state index in [0.29, 0.717) is 19.3 Å². The predicted octanol–water partition coefficient (Wildman–Crippen LogP) is 3.80. The Balaban J connectivity index is 2.34. The number of nitrogens with one attached hydrogen (secondary N) is 1. The van der Waals surface area contributed by atoms with E-state index in [1.165, 1.54) is 7.11 Å². The lowest BCUT2D eigenvalue weighted by molar-refractivity contribution is -0.145. The van der Waals surface area contributed by atoms with Gasteiger partial charge in [-0.05, 0) is 31.2 Å². The maximum Gasteiger partial charge on any atom is 0.328 e. The molecule has 1 aromatic carbocycles. The van der Waals surface area contributed by atoms with Gasteiger partial charge in [0.2, 0.25) is 5.91 Å². The first-order valence-corrected chi connectivity index (χ1v) is 8.69. The third kappa shape index (κ3) is 8.51. The molecule has 0 bridgehead atoms. The lowest BCUT2D eigenvalue weighted by atomic mass is 10.1. The monoisotopic (exact) mass is 331 g/mol. The molecule has 0 aliphatic rings. The second-order valence-corrected chi connectivity index (χ2v) is 5.91. The van der Waals surface area contributed by atoms with Gasteiger partial charge in [-0.1, -0.05) is 55.7 Å². The first-order chi connectivity index (χ1) is 11.7. The Morgan fingerprint density at radius 2 is 1.88 bits per heavy atom. The Hall–Kier alpha value is -2.10. The van der Waals surface area contributed by atoms with Crippen molar-refractivity contribution in [3.63, 3.8) is 0 Å². The van der Waals surface area contributed by atoms with Gasteiger partial charge in [-0.3, -0.25) is 4.79 Å². The van der Waals surface area contributed by atoms with Crippen LogP contribution in [0.5, 0.6) is 0 Å². The Bertz CT molecular complexity index is 499. The summed E-state index contributed by atoms with van der Waals surface area (Å²) >= 11 is 0. The van der Waals surface area contributed by atoms with Gasteiger partial charge in [-0.25, -0.2) is 4.79 Å². The van der Waals surface area contributed by atoms with E-state index < -0.39 is 6.04 Å². The Labute approximate surface area is 145 Å². The van der Waals surface area contributed by atoms with E-state index in [4.69, 9.17) is 4.74 Å². The standard InChI is InChI=1S/C20H29NO3/c1-3-4-5-6-7-11-14-18(20(23)24-2)21-19(22)16-15-17-12-9-8-10-13-17/h3,8-10,12-13,18H,1,4-7,11,14-16H2,2H3,(H,21,22)/t18-/m0/s1. The first kappa shape index (κ1) is 19.9. The van der Waals surface area contributed by atoms with Gasteiger partial charge in [-0.15, -0.1) is 6.58 Å². The van der Waals surface area contributed by atoms with E-state index >= 15 is 0 Å². The number of carbonyl (C=O) groups is 2. The highest BCUT2D eigenvalue weighted by Crippen LogP contribution is 2.09. The van der Waals surface area contributed by atoms with Crippen LogP contribution in [-0.4, -0.2) is 25.0 Å². The van der Waals surface area contributed by atoms with Crippen LogP contribution < -0.4 is 5.32 Å². The van der Waals surface area contributed by atoms with E-state index in [1.807, 2.05) is 36.4 Å². The number of hydrogen-bond acceptors (Lipinski definition) is 3. The molecule has 0 fully saturated rings. The fourth-order valence-electron chi connectivity index (χ4n) is 2.55. The Kier molecular flexibility index (Phi) is 10.3. The molecule has 0 unspecified atom stereocenters. The molecule has 0 aliphatic heterocycles. The minimum atomic E-state index is -0.544. The quantitative estimate of drug-likeness (QED) is 0.360. The Morgan fingerprint density at radius 3 is 2.54 bits per heavy atom. The van der Waals surface area contributed by atoms with Crippen LogP contribution in [0.2, 0.25) is 0 Å². The van der Waals surface area contributed by atoms with Crippen LogP contribution in [0.15, 0.2) is 43.0 Å². The number of ether oxygens (including phenoxy) is 1. The maximum atomic E-state index is 12.1. The minimum absolute atomic E-state index is 0.110. The van der Waals surface area contributed by atoms with Crippen molar-refractivity contribution in [2.75, 3.05) is 7.11 Å². The minimum Gasteiger partial charge on any atom is -0.467 e. The molecule has 1 rings (SSSR count). The lowest BCUT2D eigenvalue weighted by Gasteiger charge is -2.16. The third-order valence-corrected chi connectivity index (χ3v) is 3.96. The molecule has 0 saturated carbocycles. The molecule has 0 radical (unpaired) electrons. The largest absolute Gasteiger partial charge is 0.467 e. The molecule has 1 N–H and O–H groups in total. The summed E-state index contributed by atoms with van der Waals surface area (Å²) in [5.74, 6) is -0.477. The smallest absolute Gasteiger partial charge is 0.328 e. The number of unbranched alkanes of at least 4 members (excludes halogenated alkanes) is 4. The molecule has 4 heteroatoms. The van der Waals surface area contributed by atoms with E-state index in [1.54, 1.807) is 0 Å². The average molecular weight is 331 g/mol. The number of methoxy groups -OCH3 is 1. The van der Waals surface area contributed by atoms with Gasteiger partial charge in [0.25, 0.3) is 0 Å². The van der Waals surface area contributed by atoms with Crippen LogP contribution >= 0.6 is 0 Å². The van der Waals surface area contributed by atoms with Crippen molar-refractivity contribution in [2.45, 2.75) is 57.4 Å². The van der Waals surface area contributed by atoms with Crippen molar-refractivity contribution in [3.8, 4) is 0 Å². The van der Waals surface area contributed by atoms with Gasteiger partial charge in [0.15, 0.2) is 0 Å². The van der Waals surface area contributed by atoms with Crippen LogP contribution in [0.25, 0.3) is 0 Å². The van der Waals surface area contributed by atoms with Crippen molar-refractivity contribution in [3.05, 3.63) is 48.6 Å². The summed E-state index contributed by atoms with van der Waals surface area (Å²) in [6.07, 6.45) is 8.78. The molecule has 132 valence electrons. The highest BCUT2D eigenvalue weighted by molar-refractivity contribution is 5.84. The molecule has 0 heterocycles. The number of benzene rings is 1. The fourth-order valence-corrected chi connectivity index (χ4v) is 2.55. The number of hydrogen-bond donors (Lipinski definition) is 1. The zero-order valence-corrected chi connectivity index (χ0v) is 14.6. The lowest BCUT2D eigenvalue weighted by Crippen LogP contribution is -2.41. The number of amides is 1. The van der Waals surface area contributed by atoms with Crippen LogP contribution in [0.1, 0.15) is 50.5 Å². The van der Waals surface area contributed by atoms with Gasteiger partial charge in [0.1, 0.15) is 6.04 Å². The molecular weight excluding hydrogens is 302 g/mol. The van der Waals surface area contributed by atoms with E-state index in [0.717, 1.165) is 37.7 Å².